The third kappa shape index (κ3) is 3.91. The maximum atomic E-state index is 12.7. The van der Waals surface area contributed by atoms with E-state index in [1.54, 1.807) is 6.92 Å². The van der Waals surface area contributed by atoms with Gasteiger partial charge in [-0.15, -0.1) is 0 Å². The van der Waals surface area contributed by atoms with Gasteiger partial charge < -0.3 is 9.15 Å². The minimum atomic E-state index is -0.640. The van der Waals surface area contributed by atoms with Crippen LogP contribution < -0.4 is 10.4 Å². The van der Waals surface area contributed by atoms with Crippen molar-refractivity contribution in [3.05, 3.63) is 70.0 Å². The van der Waals surface area contributed by atoms with Gasteiger partial charge in [-0.05, 0) is 30.7 Å². The fourth-order valence-electron chi connectivity index (χ4n) is 1.52. The Morgan fingerprint density at radius 1 is 1.25 bits per heavy atom. The van der Waals surface area contributed by atoms with E-state index in [2.05, 4.69) is 0 Å². The second kappa shape index (κ2) is 5.97. The summed E-state index contributed by atoms with van der Waals surface area (Å²) >= 11 is 0. The van der Waals surface area contributed by atoms with Gasteiger partial charge in [0, 0.05) is 12.1 Å². The molecule has 4 nitrogen and oxygen atoms in total. The molecule has 20 heavy (non-hydrogen) atoms. The molecule has 0 aliphatic rings. The van der Waals surface area contributed by atoms with E-state index in [1.807, 2.05) is 0 Å². The fraction of sp³-hybridized carbons (Fsp3) is 0.0667. The molecule has 5 heteroatoms. The summed E-state index contributed by atoms with van der Waals surface area (Å²) in [6.45, 7) is 1.58. The average molecular weight is 274 g/mol. The van der Waals surface area contributed by atoms with Crippen LogP contribution in [0.2, 0.25) is 0 Å². The van der Waals surface area contributed by atoms with Crippen molar-refractivity contribution in [2.45, 2.75) is 6.92 Å². The van der Waals surface area contributed by atoms with Crippen LogP contribution in [0.25, 0.3) is 6.08 Å². The second-order valence-electron chi connectivity index (χ2n) is 4.03. The highest BCUT2D eigenvalue weighted by Gasteiger charge is 2.03. The van der Waals surface area contributed by atoms with Crippen molar-refractivity contribution in [1.29, 1.82) is 0 Å². The van der Waals surface area contributed by atoms with Crippen molar-refractivity contribution >= 4 is 12.0 Å². The summed E-state index contributed by atoms with van der Waals surface area (Å²) in [4.78, 5) is 22.7. The number of esters is 1. The van der Waals surface area contributed by atoms with Gasteiger partial charge in [0.25, 0.3) is 0 Å². The minimum absolute atomic E-state index is 0.118. The number of hydrogen-bond donors (Lipinski definition) is 0. The van der Waals surface area contributed by atoms with Crippen molar-refractivity contribution in [3.63, 3.8) is 0 Å². The Balaban J connectivity index is 2.05. The molecule has 0 fully saturated rings. The Kier molecular flexibility index (Phi) is 4.10. The van der Waals surface area contributed by atoms with Gasteiger partial charge in [-0.25, -0.2) is 14.0 Å². The van der Waals surface area contributed by atoms with Gasteiger partial charge in [0.15, 0.2) is 0 Å². The van der Waals surface area contributed by atoms with Crippen LogP contribution >= 0.6 is 0 Å². The number of ether oxygens (including phenoxy) is 1. The van der Waals surface area contributed by atoms with E-state index in [-0.39, 0.29) is 11.6 Å². The third-order valence-corrected chi connectivity index (χ3v) is 2.37. The van der Waals surface area contributed by atoms with E-state index >= 15 is 0 Å². The smallest absolute Gasteiger partial charge is 0.339 e. The maximum absolute atomic E-state index is 12.7. The van der Waals surface area contributed by atoms with E-state index in [0.29, 0.717) is 11.3 Å². The molecule has 0 bridgehead atoms. The molecule has 0 amide bonds. The van der Waals surface area contributed by atoms with E-state index in [1.165, 1.54) is 42.5 Å². The van der Waals surface area contributed by atoms with E-state index in [4.69, 9.17) is 9.15 Å². The Morgan fingerprint density at radius 3 is 2.60 bits per heavy atom. The first-order valence-corrected chi connectivity index (χ1v) is 5.80. The molecule has 0 aliphatic carbocycles. The van der Waals surface area contributed by atoms with Crippen LogP contribution in [0.5, 0.6) is 5.75 Å². The molecule has 0 radical (unpaired) electrons. The molecule has 102 valence electrons. The summed E-state index contributed by atoms with van der Waals surface area (Å²) in [6.07, 6.45) is 2.68. The van der Waals surface area contributed by atoms with Crippen molar-refractivity contribution in [2.24, 2.45) is 0 Å². The van der Waals surface area contributed by atoms with Crippen LogP contribution in [-0.2, 0) is 4.79 Å². The normalized spacial score (nSPS) is 10.7. The summed E-state index contributed by atoms with van der Waals surface area (Å²) < 4.78 is 22.4. The van der Waals surface area contributed by atoms with Crippen molar-refractivity contribution in [1.82, 2.24) is 0 Å². The first-order valence-electron chi connectivity index (χ1n) is 5.80. The second-order valence-corrected chi connectivity index (χ2v) is 4.03. The predicted molar refractivity (Wildman–Crippen MR) is 70.8 cm³/mol. The Bertz CT molecular complexity index is 699. The van der Waals surface area contributed by atoms with E-state index < -0.39 is 11.6 Å². The van der Waals surface area contributed by atoms with Crippen LogP contribution in [0, 0.1) is 12.7 Å². The zero-order chi connectivity index (χ0) is 14.5. The first kappa shape index (κ1) is 13.7. The summed E-state index contributed by atoms with van der Waals surface area (Å²) in [7, 11) is 0. The molecule has 2 rings (SSSR count). The largest absolute Gasteiger partial charge is 0.428 e. The lowest BCUT2D eigenvalue weighted by atomic mass is 10.2. The quantitative estimate of drug-likeness (QED) is 0.638. The standard InChI is InChI=1S/C15H11FO4/c1-10-8-13(9-15(18)19-10)20-14(17)7-4-11-2-5-12(16)6-3-11/h2-9H,1H3. The molecule has 0 unspecified atom stereocenters. The summed E-state index contributed by atoms with van der Waals surface area (Å²) in [5.41, 5.74) is 0.0717. The van der Waals surface area contributed by atoms with Crippen LogP contribution in [0.15, 0.2) is 51.7 Å². The molecule has 2 aromatic rings. The molecular formula is C15H11FO4. The number of benzene rings is 1. The SMILES string of the molecule is Cc1cc(OC(=O)C=Cc2ccc(F)cc2)cc(=O)o1. The summed E-state index contributed by atoms with van der Waals surface area (Å²) in [6, 6.07) is 8.15. The molecule has 0 atom stereocenters. The fourth-order valence-corrected chi connectivity index (χ4v) is 1.52. The molecular weight excluding hydrogens is 263 g/mol. The molecule has 0 N–H and O–H groups in total. The lowest BCUT2D eigenvalue weighted by molar-refractivity contribution is -0.128. The molecule has 0 saturated heterocycles. The van der Waals surface area contributed by atoms with Crippen LogP contribution in [0.1, 0.15) is 11.3 Å². The highest BCUT2D eigenvalue weighted by molar-refractivity contribution is 5.88. The lowest BCUT2D eigenvalue weighted by Gasteiger charge is -2.00. The molecule has 1 aromatic carbocycles. The van der Waals surface area contributed by atoms with Gasteiger partial charge in [-0.3, -0.25) is 0 Å². The topological polar surface area (TPSA) is 56.5 Å². The van der Waals surface area contributed by atoms with Crippen LogP contribution in [0.3, 0.4) is 0 Å². The van der Waals surface area contributed by atoms with E-state index in [0.717, 1.165) is 6.07 Å². The van der Waals surface area contributed by atoms with Crippen molar-refractivity contribution in [2.75, 3.05) is 0 Å². The maximum Gasteiger partial charge on any atom is 0.339 e. The number of aryl methyl sites for hydroxylation is 1. The Morgan fingerprint density at radius 2 is 1.95 bits per heavy atom. The average Bonchev–Trinajstić information content (AvgIpc) is 2.37. The van der Waals surface area contributed by atoms with Gasteiger partial charge in [0.05, 0.1) is 6.07 Å². The highest BCUT2D eigenvalue weighted by atomic mass is 19.1. The van der Waals surface area contributed by atoms with Gasteiger partial charge >= 0.3 is 11.6 Å². The molecule has 0 spiro atoms. The Labute approximate surface area is 114 Å². The zero-order valence-electron chi connectivity index (χ0n) is 10.6. The number of carbonyl (C=O) groups is 1. The third-order valence-electron chi connectivity index (χ3n) is 2.37. The lowest BCUT2D eigenvalue weighted by Crippen LogP contribution is -2.07. The van der Waals surface area contributed by atoms with Gasteiger partial charge in [-0.1, -0.05) is 12.1 Å². The van der Waals surface area contributed by atoms with Gasteiger partial charge in [0.1, 0.15) is 17.3 Å². The number of hydrogen-bond acceptors (Lipinski definition) is 4. The summed E-state index contributed by atoms with van der Waals surface area (Å²) in [5, 5.41) is 0. The molecule has 0 aliphatic heterocycles. The molecule has 1 heterocycles. The highest BCUT2D eigenvalue weighted by Crippen LogP contribution is 2.10. The monoisotopic (exact) mass is 274 g/mol. The number of carbonyl (C=O) groups excluding carboxylic acids is 1. The van der Waals surface area contributed by atoms with Crippen LogP contribution in [-0.4, -0.2) is 5.97 Å². The number of halogens is 1. The first-order chi connectivity index (χ1) is 9.52. The summed E-state index contributed by atoms with van der Waals surface area (Å²) in [5.74, 6) is -0.522. The van der Waals surface area contributed by atoms with Crippen molar-refractivity contribution < 1.29 is 18.3 Å². The van der Waals surface area contributed by atoms with E-state index in [9.17, 15) is 14.0 Å². The predicted octanol–water partition coefficient (Wildman–Crippen LogP) is 2.71. The molecule has 0 saturated carbocycles. The van der Waals surface area contributed by atoms with Gasteiger partial charge in [0.2, 0.25) is 0 Å². The number of rotatable bonds is 3. The van der Waals surface area contributed by atoms with Gasteiger partial charge in [-0.2, -0.15) is 0 Å². The minimum Gasteiger partial charge on any atom is -0.428 e. The van der Waals surface area contributed by atoms with Crippen molar-refractivity contribution in [3.8, 4) is 5.75 Å². The Hall–Kier alpha value is -2.69. The van der Waals surface area contributed by atoms with Crippen LogP contribution in [0.4, 0.5) is 4.39 Å². The molecule has 1 aromatic heterocycles. The zero-order valence-corrected chi connectivity index (χ0v) is 10.6.